The lowest BCUT2D eigenvalue weighted by molar-refractivity contribution is 0.285. The molecule has 0 spiro atoms. The molecule has 1 N–H and O–H groups in total. The fourth-order valence-electron chi connectivity index (χ4n) is 2.83. The van der Waals surface area contributed by atoms with Crippen molar-refractivity contribution in [3.05, 3.63) is 41.6 Å². The molecule has 19 heavy (non-hydrogen) atoms. The highest BCUT2D eigenvalue weighted by Crippen LogP contribution is 2.20. The zero-order chi connectivity index (χ0) is 13.1. The Morgan fingerprint density at radius 2 is 2.11 bits per heavy atom. The van der Waals surface area contributed by atoms with Crippen molar-refractivity contribution in [2.24, 2.45) is 0 Å². The van der Waals surface area contributed by atoms with Crippen molar-refractivity contribution in [2.45, 2.75) is 19.9 Å². The van der Waals surface area contributed by atoms with Crippen molar-refractivity contribution in [1.82, 2.24) is 15.2 Å². The van der Waals surface area contributed by atoms with Crippen LogP contribution in [0.5, 0.6) is 0 Å². The largest absolute Gasteiger partial charge is 0.315 e. The first-order valence-electron chi connectivity index (χ1n) is 7.11. The van der Waals surface area contributed by atoms with E-state index >= 15 is 0 Å². The van der Waals surface area contributed by atoms with Gasteiger partial charge in [-0.15, -0.1) is 0 Å². The lowest BCUT2D eigenvalue weighted by Gasteiger charge is -2.20. The highest BCUT2D eigenvalue weighted by atomic mass is 15.1. The van der Waals surface area contributed by atoms with Gasteiger partial charge in [-0.2, -0.15) is 0 Å². The van der Waals surface area contributed by atoms with Crippen LogP contribution in [-0.2, 0) is 6.54 Å². The summed E-state index contributed by atoms with van der Waals surface area (Å²) in [6, 6.07) is 10.7. The summed E-state index contributed by atoms with van der Waals surface area (Å²) >= 11 is 0. The Kier molecular flexibility index (Phi) is 3.76. The van der Waals surface area contributed by atoms with E-state index in [1.54, 1.807) is 0 Å². The van der Waals surface area contributed by atoms with E-state index in [9.17, 15) is 0 Å². The molecule has 3 heteroatoms. The molecule has 0 saturated carbocycles. The third-order valence-electron chi connectivity index (χ3n) is 3.76. The van der Waals surface area contributed by atoms with Crippen LogP contribution >= 0.6 is 0 Å². The van der Waals surface area contributed by atoms with Crippen LogP contribution in [0.1, 0.15) is 17.7 Å². The van der Waals surface area contributed by atoms with Crippen molar-refractivity contribution in [3.8, 4) is 0 Å². The maximum Gasteiger partial charge on any atom is 0.0708 e. The van der Waals surface area contributed by atoms with Crippen molar-refractivity contribution >= 4 is 10.9 Å². The molecule has 2 heterocycles. The molecule has 1 aromatic heterocycles. The number of pyridine rings is 1. The molecule has 1 aliphatic rings. The number of aromatic nitrogens is 1. The molecule has 0 unspecified atom stereocenters. The van der Waals surface area contributed by atoms with Gasteiger partial charge in [0, 0.05) is 30.7 Å². The monoisotopic (exact) mass is 255 g/mol. The molecule has 1 aliphatic heterocycles. The number of fused-ring (bicyclic) bond motifs is 1. The van der Waals surface area contributed by atoms with Gasteiger partial charge in [-0.05, 0) is 44.1 Å². The van der Waals surface area contributed by atoms with Crippen molar-refractivity contribution in [2.75, 3.05) is 26.2 Å². The zero-order valence-electron chi connectivity index (χ0n) is 11.5. The summed E-state index contributed by atoms with van der Waals surface area (Å²) in [5.74, 6) is 0. The van der Waals surface area contributed by atoms with E-state index in [2.05, 4.69) is 52.5 Å². The second-order valence-electron chi connectivity index (χ2n) is 5.32. The summed E-state index contributed by atoms with van der Waals surface area (Å²) in [5, 5.41) is 4.75. The highest BCUT2D eigenvalue weighted by Gasteiger charge is 2.11. The molecule has 1 aromatic carbocycles. The predicted octanol–water partition coefficient (Wildman–Crippen LogP) is 2.34. The first kappa shape index (κ1) is 12.6. The Balaban J connectivity index is 1.90. The fraction of sp³-hybridized carbons (Fsp3) is 0.438. The van der Waals surface area contributed by atoms with E-state index in [1.165, 1.54) is 23.9 Å². The molecule has 0 aliphatic carbocycles. The lowest BCUT2D eigenvalue weighted by atomic mass is 10.1. The van der Waals surface area contributed by atoms with Gasteiger partial charge in [0.25, 0.3) is 0 Å². The van der Waals surface area contributed by atoms with E-state index in [4.69, 9.17) is 0 Å². The molecule has 0 amide bonds. The Hall–Kier alpha value is -1.45. The summed E-state index contributed by atoms with van der Waals surface area (Å²) in [5.41, 5.74) is 3.64. The van der Waals surface area contributed by atoms with Crippen LogP contribution in [0.15, 0.2) is 30.3 Å². The smallest absolute Gasteiger partial charge is 0.0708 e. The normalized spacial score (nSPS) is 17.5. The van der Waals surface area contributed by atoms with Gasteiger partial charge >= 0.3 is 0 Å². The van der Waals surface area contributed by atoms with Crippen LogP contribution < -0.4 is 5.32 Å². The van der Waals surface area contributed by atoms with Crippen LogP contribution in [0.4, 0.5) is 0 Å². The number of rotatable bonds is 2. The fourth-order valence-corrected chi connectivity index (χ4v) is 2.83. The zero-order valence-corrected chi connectivity index (χ0v) is 11.5. The summed E-state index contributed by atoms with van der Waals surface area (Å²) < 4.78 is 0. The molecule has 1 saturated heterocycles. The Morgan fingerprint density at radius 1 is 1.21 bits per heavy atom. The molecular formula is C16H21N3. The Bertz CT molecular complexity index is 557. The number of nitrogens with one attached hydrogen (secondary N) is 1. The lowest BCUT2D eigenvalue weighted by Crippen LogP contribution is -2.27. The second kappa shape index (κ2) is 5.68. The Labute approximate surface area is 114 Å². The minimum absolute atomic E-state index is 1.03. The maximum absolute atomic E-state index is 4.62. The van der Waals surface area contributed by atoms with Crippen molar-refractivity contribution in [1.29, 1.82) is 0 Å². The van der Waals surface area contributed by atoms with Crippen molar-refractivity contribution < 1.29 is 0 Å². The van der Waals surface area contributed by atoms with Crippen LogP contribution in [0.2, 0.25) is 0 Å². The number of aryl methyl sites for hydroxylation is 1. The molecule has 3 rings (SSSR count). The maximum atomic E-state index is 4.62. The quantitative estimate of drug-likeness (QED) is 0.893. The molecule has 0 atom stereocenters. The summed E-state index contributed by atoms with van der Waals surface area (Å²) in [7, 11) is 0. The third kappa shape index (κ3) is 2.94. The number of hydrogen-bond acceptors (Lipinski definition) is 3. The first-order valence-corrected chi connectivity index (χ1v) is 7.11. The highest BCUT2D eigenvalue weighted by molar-refractivity contribution is 5.82. The minimum Gasteiger partial charge on any atom is -0.315 e. The van der Waals surface area contributed by atoms with Gasteiger partial charge in [-0.25, -0.2) is 0 Å². The van der Waals surface area contributed by atoms with Gasteiger partial charge in [0.2, 0.25) is 0 Å². The summed E-state index contributed by atoms with van der Waals surface area (Å²) in [6.07, 6.45) is 1.24. The third-order valence-corrected chi connectivity index (χ3v) is 3.76. The molecular weight excluding hydrogens is 234 g/mol. The number of para-hydroxylation sites is 1. The molecule has 2 aromatic rings. The van der Waals surface area contributed by atoms with E-state index < -0.39 is 0 Å². The summed E-state index contributed by atoms with van der Waals surface area (Å²) in [6.45, 7) is 7.68. The van der Waals surface area contributed by atoms with Gasteiger partial charge in [-0.1, -0.05) is 18.2 Å². The number of benzene rings is 1. The van der Waals surface area contributed by atoms with Crippen molar-refractivity contribution in [3.63, 3.8) is 0 Å². The molecule has 3 nitrogen and oxygen atoms in total. The molecule has 0 radical (unpaired) electrons. The van der Waals surface area contributed by atoms with E-state index in [-0.39, 0.29) is 0 Å². The molecule has 100 valence electrons. The predicted molar refractivity (Wildman–Crippen MR) is 79.2 cm³/mol. The van der Waals surface area contributed by atoms with Gasteiger partial charge in [0.15, 0.2) is 0 Å². The number of hydrogen-bond donors (Lipinski definition) is 1. The molecule has 0 bridgehead atoms. The van der Waals surface area contributed by atoms with Gasteiger partial charge in [-0.3, -0.25) is 9.88 Å². The molecule has 1 fully saturated rings. The second-order valence-corrected chi connectivity index (χ2v) is 5.32. The van der Waals surface area contributed by atoms with E-state index in [0.717, 1.165) is 37.4 Å². The van der Waals surface area contributed by atoms with Crippen LogP contribution in [0.25, 0.3) is 10.9 Å². The first-order chi connectivity index (χ1) is 9.33. The van der Waals surface area contributed by atoms with E-state index in [0.29, 0.717) is 0 Å². The van der Waals surface area contributed by atoms with Crippen LogP contribution in [-0.4, -0.2) is 36.1 Å². The topological polar surface area (TPSA) is 28.2 Å². The minimum atomic E-state index is 1.03. The Morgan fingerprint density at radius 3 is 3.05 bits per heavy atom. The number of nitrogens with zero attached hydrogens (tertiary/aromatic N) is 2. The SMILES string of the molecule is Cc1cc(CN2CCCNCC2)c2ccccc2n1. The van der Waals surface area contributed by atoms with E-state index in [1.807, 2.05) is 0 Å². The van der Waals surface area contributed by atoms with Gasteiger partial charge in [0.05, 0.1) is 5.52 Å². The standard InChI is InChI=1S/C16H21N3/c1-13-11-14(12-19-9-4-7-17-8-10-19)15-5-2-3-6-16(15)18-13/h2-3,5-6,11,17H,4,7-10,12H2,1H3. The van der Waals surface area contributed by atoms with Crippen LogP contribution in [0, 0.1) is 6.92 Å². The summed E-state index contributed by atoms with van der Waals surface area (Å²) in [4.78, 5) is 7.16. The average molecular weight is 255 g/mol. The average Bonchev–Trinajstić information content (AvgIpc) is 2.67. The van der Waals surface area contributed by atoms with Gasteiger partial charge < -0.3 is 5.32 Å². The van der Waals surface area contributed by atoms with Gasteiger partial charge in [0.1, 0.15) is 0 Å². The van der Waals surface area contributed by atoms with Crippen LogP contribution in [0.3, 0.4) is 0 Å².